The second-order valence-electron chi connectivity index (χ2n) is 6.46. The molecule has 0 N–H and O–H groups in total. The Morgan fingerprint density at radius 3 is 2.73 bits per heavy atom. The lowest BCUT2D eigenvalue weighted by atomic mass is 9.96. The highest BCUT2D eigenvalue weighted by Crippen LogP contribution is 2.18. The quantitative estimate of drug-likeness (QED) is 0.726. The highest BCUT2D eigenvalue weighted by atomic mass is 16.5. The van der Waals surface area contributed by atoms with Gasteiger partial charge in [0, 0.05) is 5.41 Å². The van der Waals surface area contributed by atoms with Crippen molar-refractivity contribution in [2.24, 2.45) is 0 Å². The highest BCUT2D eigenvalue weighted by Gasteiger charge is 2.21. The SMILES string of the molecule is Cc1ccc2ncn(Cc3nc(C(C)(C)C)no3)c(=O)c2c1. The summed E-state index contributed by atoms with van der Waals surface area (Å²) < 4.78 is 6.73. The first-order valence-corrected chi connectivity index (χ1v) is 7.13. The summed E-state index contributed by atoms with van der Waals surface area (Å²) in [6.45, 7) is 8.19. The molecule has 3 aromatic rings. The van der Waals surface area contributed by atoms with Crippen LogP contribution in [0.3, 0.4) is 0 Å². The Bertz CT molecular complexity index is 887. The molecule has 0 aliphatic heterocycles. The van der Waals surface area contributed by atoms with Gasteiger partial charge >= 0.3 is 0 Å². The molecule has 3 rings (SSSR count). The molecule has 6 nitrogen and oxygen atoms in total. The lowest BCUT2D eigenvalue weighted by Crippen LogP contribution is -2.21. The number of hydrogen-bond donors (Lipinski definition) is 0. The molecule has 0 fully saturated rings. The average molecular weight is 298 g/mol. The minimum absolute atomic E-state index is 0.107. The summed E-state index contributed by atoms with van der Waals surface area (Å²) >= 11 is 0. The van der Waals surface area contributed by atoms with E-state index < -0.39 is 0 Å². The van der Waals surface area contributed by atoms with Gasteiger partial charge in [-0.3, -0.25) is 9.36 Å². The lowest BCUT2D eigenvalue weighted by Gasteiger charge is -2.10. The van der Waals surface area contributed by atoms with Crippen molar-refractivity contribution in [3.8, 4) is 0 Å². The molecule has 6 heteroatoms. The van der Waals surface area contributed by atoms with Crippen LogP contribution in [-0.4, -0.2) is 19.7 Å². The van der Waals surface area contributed by atoms with Crippen molar-refractivity contribution in [2.45, 2.75) is 39.7 Å². The van der Waals surface area contributed by atoms with Crippen molar-refractivity contribution in [2.75, 3.05) is 0 Å². The molecule has 0 amide bonds. The molecule has 114 valence electrons. The fourth-order valence-electron chi connectivity index (χ4n) is 2.15. The summed E-state index contributed by atoms with van der Waals surface area (Å²) in [5, 5.41) is 4.56. The number of fused-ring (bicyclic) bond motifs is 1. The molecular formula is C16H18N4O2. The van der Waals surface area contributed by atoms with E-state index in [1.54, 1.807) is 0 Å². The molecule has 0 bridgehead atoms. The maximum atomic E-state index is 12.5. The molecular weight excluding hydrogens is 280 g/mol. The van der Waals surface area contributed by atoms with Crippen molar-refractivity contribution < 1.29 is 4.52 Å². The van der Waals surface area contributed by atoms with Crippen LogP contribution < -0.4 is 5.56 Å². The highest BCUT2D eigenvalue weighted by molar-refractivity contribution is 5.77. The number of hydrogen-bond acceptors (Lipinski definition) is 5. The predicted octanol–water partition coefficient (Wildman–Crippen LogP) is 2.43. The van der Waals surface area contributed by atoms with Crippen molar-refractivity contribution in [1.29, 1.82) is 0 Å². The second kappa shape index (κ2) is 5.05. The summed E-state index contributed by atoms with van der Waals surface area (Å²) in [6.07, 6.45) is 1.51. The van der Waals surface area contributed by atoms with E-state index in [9.17, 15) is 4.79 Å². The Hall–Kier alpha value is -2.50. The van der Waals surface area contributed by atoms with Crippen LogP contribution in [-0.2, 0) is 12.0 Å². The normalized spacial score (nSPS) is 12.0. The van der Waals surface area contributed by atoms with E-state index in [0.717, 1.165) is 5.56 Å². The maximum Gasteiger partial charge on any atom is 0.261 e. The Balaban J connectivity index is 1.99. The van der Waals surface area contributed by atoms with E-state index >= 15 is 0 Å². The van der Waals surface area contributed by atoms with Gasteiger partial charge in [-0.2, -0.15) is 4.98 Å². The van der Waals surface area contributed by atoms with Crippen LogP contribution in [0.25, 0.3) is 10.9 Å². The van der Waals surface area contributed by atoms with Crippen molar-refractivity contribution in [3.63, 3.8) is 0 Å². The van der Waals surface area contributed by atoms with Gasteiger partial charge in [-0.15, -0.1) is 0 Å². The molecule has 2 aromatic heterocycles. The van der Waals surface area contributed by atoms with E-state index in [-0.39, 0.29) is 17.5 Å². The summed E-state index contributed by atoms with van der Waals surface area (Å²) in [6, 6.07) is 5.63. The molecule has 0 saturated carbocycles. The van der Waals surface area contributed by atoms with E-state index in [1.165, 1.54) is 10.9 Å². The molecule has 0 radical (unpaired) electrons. The van der Waals surface area contributed by atoms with Gasteiger partial charge in [0.1, 0.15) is 6.54 Å². The van der Waals surface area contributed by atoms with E-state index in [2.05, 4.69) is 15.1 Å². The lowest BCUT2D eigenvalue weighted by molar-refractivity contribution is 0.356. The zero-order valence-corrected chi connectivity index (χ0v) is 13.1. The first-order valence-electron chi connectivity index (χ1n) is 7.13. The minimum Gasteiger partial charge on any atom is -0.337 e. The Kier molecular flexibility index (Phi) is 3.31. The summed E-state index contributed by atoms with van der Waals surface area (Å²) in [7, 11) is 0. The molecule has 0 aliphatic carbocycles. The average Bonchev–Trinajstić information content (AvgIpc) is 2.91. The zero-order valence-electron chi connectivity index (χ0n) is 13.1. The monoisotopic (exact) mass is 298 g/mol. The Morgan fingerprint density at radius 1 is 1.27 bits per heavy atom. The first kappa shape index (κ1) is 14.4. The minimum atomic E-state index is -0.189. The third-order valence-electron chi connectivity index (χ3n) is 3.42. The molecule has 0 aliphatic rings. The molecule has 0 atom stereocenters. The van der Waals surface area contributed by atoms with Gasteiger partial charge in [0.15, 0.2) is 5.82 Å². The summed E-state index contributed by atoms with van der Waals surface area (Å²) in [5.41, 5.74) is 1.42. The molecule has 0 spiro atoms. The van der Waals surface area contributed by atoms with Crippen LogP contribution in [0.15, 0.2) is 33.8 Å². The largest absolute Gasteiger partial charge is 0.337 e. The number of nitrogens with zero attached hydrogens (tertiary/aromatic N) is 4. The van der Waals surface area contributed by atoms with Crippen molar-refractivity contribution in [1.82, 2.24) is 19.7 Å². The number of aryl methyl sites for hydroxylation is 1. The van der Waals surface area contributed by atoms with Gasteiger partial charge in [0.05, 0.1) is 17.2 Å². The third kappa shape index (κ3) is 2.64. The third-order valence-corrected chi connectivity index (χ3v) is 3.42. The van der Waals surface area contributed by atoms with Gasteiger partial charge < -0.3 is 4.52 Å². The Morgan fingerprint density at radius 2 is 2.05 bits per heavy atom. The summed E-state index contributed by atoms with van der Waals surface area (Å²) in [4.78, 5) is 21.2. The van der Waals surface area contributed by atoms with Crippen LogP contribution in [0.5, 0.6) is 0 Å². The fraction of sp³-hybridized carbons (Fsp3) is 0.375. The maximum absolute atomic E-state index is 12.5. The van der Waals surface area contributed by atoms with Gasteiger partial charge in [-0.05, 0) is 19.1 Å². The molecule has 0 unspecified atom stereocenters. The predicted molar refractivity (Wildman–Crippen MR) is 82.8 cm³/mol. The Labute approximate surface area is 127 Å². The summed E-state index contributed by atoms with van der Waals surface area (Å²) in [5.74, 6) is 1.03. The second-order valence-corrected chi connectivity index (χ2v) is 6.46. The van der Waals surface area contributed by atoms with Crippen LogP contribution in [0.1, 0.15) is 38.0 Å². The number of aromatic nitrogens is 4. The molecule has 2 heterocycles. The van der Waals surface area contributed by atoms with Crippen LogP contribution in [0.2, 0.25) is 0 Å². The standard InChI is InChI=1S/C16H18N4O2/c1-10-5-6-12-11(7-10)14(21)20(9-17-12)8-13-18-15(19-22-13)16(2,3)4/h5-7,9H,8H2,1-4H3. The van der Waals surface area contributed by atoms with E-state index in [1.807, 2.05) is 45.9 Å². The van der Waals surface area contributed by atoms with Crippen LogP contribution in [0, 0.1) is 6.92 Å². The van der Waals surface area contributed by atoms with Crippen molar-refractivity contribution >= 4 is 10.9 Å². The van der Waals surface area contributed by atoms with Gasteiger partial charge in [-0.25, -0.2) is 4.98 Å². The molecule has 0 saturated heterocycles. The molecule has 22 heavy (non-hydrogen) atoms. The van der Waals surface area contributed by atoms with Crippen LogP contribution in [0.4, 0.5) is 0 Å². The fourth-order valence-corrected chi connectivity index (χ4v) is 2.15. The molecule has 1 aromatic carbocycles. The zero-order chi connectivity index (χ0) is 15.9. The van der Waals surface area contributed by atoms with Gasteiger partial charge in [0.2, 0.25) is 5.89 Å². The van der Waals surface area contributed by atoms with Crippen molar-refractivity contribution in [3.05, 3.63) is 52.2 Å². The number of benzene rings is 1. The first-order chi connectivity index (χ1) is 10.3. The smallest absolute Gasteiger partial charge is 0.261 e. The van der Waals surface area contributed by atoms with E-state index in [4.69, 9.17) is 4.52 Å². The van der Waals surface area contributed by atoms with Crippen LogP contribution >= 0.6 is 0 Å². The van der Waals surface area contributed by atoms with Gasteiger partial charge in [0.25, 0.3) is 5.56 Å². The van der Waals surface area contributed by atoms with Gasteiger partial charge in [-0.1, -0.05) is 37.6 Å². The number of rotatable bonds is 2. The topological polar surface area (TPSA) is 73.8 Å². The van der Waals surface area contributed by atoms with E-state index in [0.29, 0.717) is 22.6 Å².